The number of hydrogen-bond donors (Lipinski definition) is 1. The molecule has 0 unspecified atom stereocenters. The minimum atomic E-state index is -0.184. The van der Waals surface area contributed by atoms with Crippen molar-refractivity contribution in [3.63, 3.8) is 0 Å². The maximum atomic E-state index is 13.2. The molecule has 1 saturated heterocycles. The Balaban J connectivity index is 1.60. The van der Waals surface area contributed by atoms with Crippen LogP contribution in [0.5, 0.6) is 0 Å². The molecule has 0 radical (unpaired) electrons. The van der Waals surface area contributed by atoms with Gasteiger partial charge < -0.3 is 19.5 Å². The summed E-state index contributed by atoms with van der Waals surface area (Å²) in [6.07, 6.45) is 1.85. The third kappa shape index (κ3) is 4.12. The first kappa shape index (κ1) is 19.1. The molecule has 2 aromatic heterocycles. The number of amides is 1. The fraction of sp³-hybridized carbons (Fsp3) is 0.333. The summed E-state index contributed by atoms with van der Waals surface area (Å²) < 4.78 is 7.03. The molecule has 4 rings (SSSR count). The maximum absolute atomic E-state index is 13.2. The number of benzene rings is 1. The van der Waals surface area contributed by atoms with Crippen molar-refractivity contribution in [1.29, 1.82) is 0 Å². The number of nitrogens with one attached hydrogen (secondary N) is 1. The van der Waals surface area contributed by atoms with E-state index in [4.69, 9.17) is 4.74 Å². The molecule has 29 heavy (non-hydrogen) atoms. The van der Waals surface area contributed by atoms with Gasteiger partial charge >= 0.3 is 0 Å². The lowest BCUT2D eigenvalue weighted by molar-refractivity contribution is -0.116. The van der Waals surface area contributed by atoms with E-state index in [9.17, 15) is 9.59 Å². The van der Waals surface area contributed by atoms with Crippen LogP contribution in [0.1, 0.15) is 12.1 Å². The van der Waals surface area contributed by atoms with E-state index in [2.05, 4.69) is 15.3 Å². The predicted molar refractivity (Wildman–Crippen MR) is 111 cm³/mol. The Morgan fingerprint density at radius 3 is 2.76 bits per heavy atom. The third-order valence-electron chi connectivity index (χ3n) is 4.99. The molecule has 150 valence electrons. The Kier molecular flexibility index (Phi) is 5.53. The fourth-order valence-corrected chi connectivity index (χ4v) is 3.42. The highest BCUT2D eigenvalue weighted by Gasteiger charge is 2.19. The number of aromatic nitrogens is 3. The Bertz CT molecular complexity index is 1090. The van der Waals surface area contributed by atoms with Gasteiger partial charge in [0.1, 0.15) is 0 Å². The van der Waals surface area contributed by atoms with Crippen molar-refractivity contribution >= 4 is 28.4 Å². The minimum absolute atomic E-state index is 0.165. The molecular formula is C21H23N5O3. The molecule has 8 nitrogen and oxygen atoms in total. The molecule has 0 aliphatic carbocycles. The molecule has 0 atom stereocenters. The summed E-state index contributed by atoms with van der Waals surface area (Å²) in [4.78, 5) is 36.4. The Morgan fingerprint density at radius 1 is 1.17 bits per heavy atom. The molecule has 1 fully saturated rings. The number of aryl methyl sites for hydroxylation is 2. The molecule has 1 aromatic carbocycles. The Labute approximate surface area is 168 Å². The summed E-state index contributed by atoms with van der Waals surface area (Å²) >= 11 is 0. The lowest BCUT2D eigenvalue weighted by Crippen LogP contribution is -2.41. The first-order valence-corrected chi connectivity index (χ1v) is 9.67. The number of hydrogen-bond acceptors (Lipinski definition) is 6. The normalized spacial score (nSPS) is 14.2. The summed E-state index contributed by atoms with van der Waals surface area (Å²) in [5.41, 5.74) is 2.70. The van der Waals surface area contributed by atoms with Crippen LogP contribution in [0.25, 0.3) is 11.0 Å². The molecule has 3 aromatic rings. The van der Waals surface area contributed by atoms with Gasteiger partial charge in [-0.05, 0) is 31.2 Å². The number of fused-ring (bicyclic) bond motifs is 1. The van der Waals surface area contributed by atoms with Crippen LogP contribution in [0.4, 0.5) is 11.5 Å². The quantitative estimate of drug-likeness (QED) is 0.713. The number of nitrogens with zero attached hydrogens (tertiary/aromatic N) is 4. The molecule has 0 spiro atoms. The molecule has 1 aliphatic rings. The summed E-state index contributed by atoms with van der Waals surface area (Å²) in [6.45, 7) is 4.50. The lowest BCUT2D eigenvalue weighted by atomic mass is 10.2. The SMILES string of the molecule is Cc1ncccc1NC(=O)CCn1c(=O)c(N2CCOCC2)nc2ccccc21. The van der Waals surface area contributed by atoms with Gasteiger partial charge in [0.05, 0.1) is 35.6 Å². The molecule has 0 bridgehead atoms. The Morgan fingerprint density at radius 2 is 1.97 bits per heavy atom. The molecule has 1 N–H and O–H groups in total. The average molecular weight is 393 g/mol. The largest absolute Gasteiger partial charge is 0.378 e. The summed E-state index contributed by atoms with van der Waals surface area (Å²) in [5, 5.41) is 2.87. The molecule has 8 heteroatoms. The van der Waals surface area contributed by atoms with Crippen molar-refractivity contribution in [1.82, 2.24) is 14.5 Å². The fourth-order valence-electron chi connectivity index (χ4n) is 3.42. The summed E-state index contributed by atoms with van der Waals surface area (Å²) in [5.74, 6) is 0.248. The van der Waals surface area contributed by atoms with Gasteiger partial charge in [0.15, 0.2) is 5.82 Å². The molecule has 3 heterocycles. The van der Waals surface area contributed by atoms with E-state index in [1.54, 1.807) is 16.8 Å². The van der Waals surface area contributed by atoms with Crippen molar-refractivity contribution in [3.05, 3.63) is 58.6 Å². The van der Waals surface area contributed by atoms with Gasteiger partial charge in [0, 0.05) is 32.3 Å². The number of pyridine rings is 1. The van der Waals surface area contributed by atoms with E-state index < -0.39 is 0 Å². The molecule has 1 aliphatic heterocycles. The van der Waals surface area contributed by atoms with Crippen LogP contribution < -0.4 is 15.8 Å². The number of carbonyl (C=O) groups excluding carboxylic acids is 1. The van der Waals surface area contributed by atoms with Gasteiger partial charge in [0.25, 0.3) is 5.56 Å². The second-order valence-electron chi connectivity index (χ2n) is 6.91. The van der Waals surface area contributed by atoms with Crippen molar-refractivity contribution in [3.8, 4) is 0 Å². The van der Waals surface area contributed by atoms with Crippen LogP contribution in [0.15, 0.2) is 47.4 Å². The highest BCUT2D eigenvalue weighted by Crippen LogP contribution is 2.16. The first-order chi connectivity index (χ1) is 14.1. The second kappa shape index (κ2) is 8.40. The molecule has 1 amide bonds. The maximum Gasteiger partial charge on any atom is 0.294 e. The van der Waals surface area contributed by atoms with Gasteiger partial charge in [-0.1, -0.05) is 12.1 Å². The number of para-hydroxylation sites is 2. The summed E-state index contributed by atoms with van der Waals surface area (Å²) in [7, 11) is 0. The highest BCUT2D eigenvalue weighted by atomic mass is 16.5. The molecule has 0 saturated carbocycles. The van der Waals surface area contributed by atoms with E-state index in [0.29, 0.717) is 37.8 Å². The van der Waals surface area contributed by atoms with E-state index in [1.165, 1.54) is 0 Å². The van der Waals surface area contributed by atoms with E-state index in [-0.39, 0.29) is 24.4 Å². The van der Waals surface area contributed by atoms with Crippen molar-refractivity contribution in [2.45, 2.75) is 19.9 Å². The average Bonchev–Trinajstić information content (AvgIpc) is 2.75. The molecular weight excluding hydrogens is 370 g/mol. The van der Waals surface area contributed by atoms with Crippen LogP contribution in [0, 0.1) is 6.92 Å². The van der Waals surface area contributed by atoms with Crippen LogP contribution in [0.3, 0.4) is 0 Å². The van der Waals surface area contributed by atoms with Gasteiger partial charge in [-0.25, -0.2) is 4.98 Å². The topological polar surface area (TPSA) is 89.4 Å². The van der Waals surface area contributed by atoms with Crippen molar-refractivity contribution in [2.75, 3.05) is 36.5 Å². The summed E-state index contributed by atoms with van der Waals surface area (Å²) in [6, 6.07) is 11.1. The zero-order valence-electron chi connectivity index (χ0n) is 16.3. The Hall–Kier alpha value is -3.26. The third-order valence-corrected chi connectivity index (χ3v) is 4.99. The van der Waals surface area contributed by atoms with Crippen LogP contribution in [-0.2, 0) is 16.1 Å². The van der Waals surface area contributed by atoms with Gasteiger partial charge in [-0.3, -0.25) is 14.6 Å². The zero-order chi connectivity index (χ0) is 20.2. The second-order valence-corrected chi connectivity index (χ2v) is 6.91. The standard InChI is InChI=1S/C21H23N5O3/c1-15-16(6-4-9-22-15)23-19(27)8-10-26-18-7-3-2-5-17(18)24-20(21(26)28)25-11-13-29-14-12-25/h2-7,9H,8,10-14H2,1H3,(H,23,27). The number of morpholine rings is 1. The number of carbonyl (C=O) groups is 1. The van der Waals surface area contributed by atoms with Crippen LogP contribution in [0.2, 0.25) is 0 Å². The smallest absolute Gasteiger partial charge is 0.294 e. The number of anilines is 2. The van der Waals surface area contributed by atoms with Crippen molar-refractivity contribution in [2.24, 2.45) is 0 Å². The monoisotopic (exact) mass is 393 g/mol. The lowest BCUT2D eigenvalue weighted by Gasteiger charge is -2.28. The van der Waals surface area contributed by atoms with E-state index >= 15 is 0 Å². The van der Waals surface area contributed by atoms with Gasteiger partial charge in [0.2, 0.25) is 5.91 Å². The number of rotatable bonds is 5. The number of ether oxygens (including phenoxy) is 1. The van der Waals surface area contributed by atoms with Crippen LogP contribution in [-0.4, -0.2) is 46.7 Å². The van der Waals surface area contributed by atoms with E-state index in [0.717, 1.165) is 16.7 Å². The predicted octanol–water partition coefficient (Wildman–Crippen LogP) is 1.97. The highest BCUT2D eigenvalue weighted by molar-refractivity contribution is 5.91. The van der Waals surface area contributed by atoms with E-state index in [1.807, 2.05) is 42.2 Å². The zero-order valence-corrected chi connectivity index (χ0v) is 16.3. The van der Waals surface area contributed by atoms with Gasteiger partial charge in [-0.15, -0.1) is 0 Å². The van der Waals surface area contributed by atoms with Crippen molar-refractivity contribution < 1.29 is 9.53 Å². The van der Waals surface area contributed by atoms with Crippen LogP contribution >= 0.6 is 0 Å². The first-order valence-electron chi connectivity index (χ1n) is 9.67. The minimum Gasteiger partial charge on any atom is -0.378 e. The van der Waals surface area contributed by atoms with Gasteiger partial charge in [-0.2, -0.15) is 0 Å².